The number of fused-ring (bicyclic) bond motifs is 1. The average Bonchev–Trinajstić information content (AvgIpc) is 3.35. The highest BCUT2D eigenvalue weighted by Gasteiger charge is 2.18. The molecule has 4 rings (SSSR count). The van der Waals surface area contributed by atoms with Crippen molar-refractivity contribution in [3.05, 3.63) is 76.9 Å². The molecule has 0 bridgehead atoms. The normalized spacial score (nSPS) is 12.0. The zero-order valence-corrected chi connectivity index (χ0v) is 17.9. The van der Waals surface area contributed by atoms with Gasteiger partial charge in [-0.1, -0.05) is 23.4 Å². The Morgan fingerprint density at radius 1 is 1.13 bits per heavy atom. The second-order valence-corrected chi connectivity index (χ2v) is 7.34. The van der Waals surface area contributed by atoms with E-state index in [1.54, 1.807) is 18.2 Å². The molecule has 7 nitrogen and oxygen atoms in total. The number of aromatic nitrogens is 1. The third-order valence-electron chi connectivity index (χ3n) is 5.20. The Hall–Kier alpha value is -3.74. The molecule has 0 aliphatic heterocycles. The number of hydrogen-bond acceptors (Lipinski definition) is 6. The van der Waals surface area contributed by atoms with Gasteiger partial charge in [-0.15, -0.1) is 0 Å². The third-order valence-corrected chi connectivity index (χ3v) is 5.20. The van der Waals surface area contributed by atoms with Gasteiger partial charge in [-0.3, -0.25) is 4.79 Å². The second-order valence-electron chi connectivity index (χ2n) is 7.34. The van der Waals surface area contributed by atoms with Crippen molar-refractivity contribution in [3.63, 3.8) is 0 Å². The van der Waals surface area contributed by atoms with Gasteiger partial charge in [0.25, 0.3) is 5.91 Å². The zero-order valence-electron chi connectivity index (χ0n) is 17.9. The van der Waals surface area contributed by atoms with Crippen molar-refractivity contribution in [1.29, 1.82) is 0 Å². The van der Waals surface area contributed by atoms with E-state index in [4.69, 9.17) is 18.4 Å². The molecule has 7 heteroatoms. The molecular formula is C24H24N2O5. The maximum atomic E-state index is 12.8. The van der Waals surface area contributed by atoms with Crippen LogP contribution in [0.1, 0.15) is 46.1 Å². The van der Waals surface area contributed by atoms with Gasteiger partial charge in [0.05, 0.1) is 24.4 Å². The topological polar surface area (TPSA) is 86.7 Å². The zero-order chi connectivity index (χ0) is 22.0. The minimum atomic E-state index is -0.290. The van der Waals surface area contributed by atoms with Gasteiger partial charge in [-0.05, 0) is 51.1 Å². The molecule has 1 atom stereocenters. The van der Waals surface area contributed by atoms with Crippen LogP contribution in [0.15, 0.2) is 57.5 Å². The first-order chi connectivity index (χ1) is 15.0. The molecule has 0 aliphatic carbocycles. The smallest absolute Gasteiger partial charge is 0.252 e. The van der Waals surface area contributed by atoms with E-state index >= 15 is 0 Å². The van der Waals surface area contributed by atoms with Gasteiger partial charge in [-0.25, -0.2) is 0 Å². The number of para-hydroxylation sites is 1. The first-order valence-corrected chi connectivity index (χ1v) is 9.98. The van der Waals surface area contributed by atoms with Gasteiger partial charge in [0.1, 0.15) is 23.7 Å². The van der Waals surface area contributed by atoms with Crippen LogP contribution in [0.25, 0.3) is 11.0 Å². The van der Waals surface area contributed by atoms with E-state index in [9.17, 15) is 4.79 Å². The molecule has 2 aromatic heterocycles. The van der Waals surface area contributed by atoms with E-state index < -0.39 is 0 Å². The monoisotopic (exact) mass is 420 g/mol. The molecule has 0 fully saturated rings. The van der Waals surface area contributed by atoms with Crippen molar-refractivity contribution < 1.29 is 23.2 Å². The molecule has 0 radical (unpaired) electrons. The van der Waals surface area contributed by atoms with Crippen LogP contribution in [0.2, 0.25) is 0 Å². The summed E-state index contributed by atoms with van der Waals surface area (Å²) in [6, 6.07) is 14.5. The Bertz CT molecular complexity index is 1170. The lowest BCUT2D eigenvalue weighted by Gasteiger charge is -2.14. The molecule has 31 heavy (non-hydrogen) atoms. The van der Waals surface area contributed by atoms with Crippen molar-refractivity contribution >= 4 is 16.9 Å². The fourth-order valence-electron chi connectivity index (χ4n) is 3.35. The van der Waals surface area contributed by atoms with E-state index in [1.165, 1.54) is 7.11 Å². The van der Waals surface area contributed by atoms with Crippen LogP contribution in [-0.2, 0) is 6.61 Å². The molecule has 0 saturated heterocycles. The number of carbonyl (C=O) groups is 1. The van der Waals surface area contributed by atoms with E-state index in [2.05, 4.69) is 10.5 Å². The largest absolute Gasteiger partial charge is 0.493 e. The molecular weight excluding hydrogens is 396 g/mol. The summed E-state index contributed by atoms with van der Waals surface area (Å²) in [7, 11) is 1.54. The molecule has 0 aliphatic rings. The highest BCUT2D eigenvalue weighted by atomic mass is 16.5. The fourth-order valence-corrected chi connectivity index (χ4v) is 3.35. The molecule has 0 spiro atoms. The summed E-state index contributed by atoms with van der Waals surface area (Å²) in [5, 5.41) is 7.89. The van der Waals surface area contributed by atoms with Crippen molar-refractivity contribution in [3.8, 4) is 11.5 Å². The number of carbonyl (C=O) groups excluding carboxylic acids is 1. The molecule has 2 aromatic carbocycles. The third kappa shape index (κ3) is 4.26. The number of hydrogen-bond donors (Lipinski definition) is 1. The van der Waals surface area contributed by atoms with Crippen LogP contribution >= 0.6 is 0 Å². The van der Waals surface area contributed by atoms with Crippen LogP contribution < -0.4 is 14.8 Å². The summed E-state index contributed by atoms with van der Waals surface area (Å²) in [6.07, 6.45) is 0. The van der Waals surface area contributed by atoms with Gasteiger partial charge in [-0.2, -0.15) is 0 Å². The molecule has 160 valence electrons. The molecule has 4 aromatic rings. The number of ether oxygens (including phenoxy) is 2. The highest BCUT2D eigenvalue weighted by molar-refractivity contribution is 5.95. The van der Waals surface area contributed by atoms with Gasteiger partial charge in [0.2, 0.25) is 0 Å². The summed E-state index contributed by atoms with van der Waals surface area (Å²) in [5.41, 5.74) is 2.93. The van der Waals surface area contributed by atoms with Crippen LogP contribution in [0.4, 0.5) is 0 Å². The Morgan fingerprint density at radius 2 is 1.94 bits per heavy atom. The lowest BCUT2D eigenvalue weighted by Crippen LogP contribution is -2.26. The van der Waals surface area contributed by atoms with Crippen LogP contribution in [0, 0.1) is 13.8 Å². The van der Waals surface area contributed by atoms with Gasteiger partial charge >= 0.3 is 0 Å². The maximum Gasteiger partial charge on any atom is 0.252 e. The first kappa shape index (κ1) is 20.5. The van der Waals surface area contributed by atoms with Crippen LogP contribution in [0.5, 0.6) is 11.5 Å². The number of nitrogens with one attached hydrogen (secondary N) is 1. The minimum absolute atomic E-state index is 0.233. The van der Waals surface area contributed by atoms with Gasteiger partial charge < -0.3 is 23.7 Å². The molecule has 2 heterocycles. The Kier molecular flexibility index (Phi) is 5.66. The average molecular weight is 420 g/mol. The number of methoxy groups -OCH3 is 1. The summed E-state index contributed by atoms with van der Waals surface area (Å²) in [4.78, 5) is 12.8. The molecule has 0 unspecified atom stereocenters. The first-order valence-electron chi connectivity index (χ1n) is 9.98. The summed E-state index contributed by atoms with van der Waals surface area (Å²) >= 11 is 0. The second kappa shape index (κ2) is 8.55. The van der Waals surface area contributed by atoms with E-state index in [1.807, 2.05) is 51.1 Å². The fraction of sp³-hybridized carbons (Fsp3) is 0.250. The molecule has 0 saturated carbocycles. The predicted molar refractivity (Wildman–Crippen MR) is 115 cm³/mol. The van der Waals surface area contributed by atoms with Crippen molar-refractivity contribution in [1.82, 2.24) is 10.5 Å². The predicted octanol–water partition coefficient (Wildman–Crippen LogP) is 5.12. The van der Waals surface area contributed by atoms with Crippen LogP contribution in [-0.4, -0.2) is 18.2 Å². The van der Waals surface area contributed by atoms with Gasteiger partial charge in [0.15, 0.2) is 11.5 Å². The highest BCUT2D eigenvalue weighted by Crippen LogP contribution is 2.30. The number of rotatable bonds is 7. The number of nitrogens with zero attached hydrogens (tertiary/aromatic N) is 1. The molecule has 1 amide bonds. The SMILES string of the molecule is COc1cc(C(=O)N[C@H](C)c2cc3ccccc3o2)ccc1OCc1c(C)noc1C. The number of furan rings is 1. The van der Waals surface area contributed by atoms with Gasteiger partial charge in [0, 0.05) is 10.9 Å². The number of amides is 1. The lowest BCUT2D eigenvalue weighted by molar-refractivity contribution is 0.0935. The Morgan fingerprint density at radius 3 is 2.65 bits per heavy atom. The maximum absolute atomic E-state index is 12.8. The van der Waals surface area contributed by atoms with Crippen molar-refractivity contribution in [2.24, 2.45) is 0 Å². The standard InChI is InChI=1S/C24H24N2O5/c1-14-19(16(3)31-26-14)13-29-21-10-9-18(12-23(21)28-4)24(27)25-15(2)22-11-17-7-5-6-8-20(17)30-22/h5-12,15H,13H2,1-4H3,(H,25,27)/t15-/m1/s1. The Balaban J connectivity index is 1.46. The van der Waals surface area contributed by atoms with Crippen LogP contribution in [0.3, 0.4) is 0 Å². The summed E-state index contributed by atoms with van der Waals surface area (Å²) in [5.74, 6) is 2.18. The van der Waals surface area contributed by atoms with E-state index in [0.29, 0.717) is 35.2 Å². The molecule has 1 N–H and O–H groups in total. The van der Waals surface area contributed by atoms with Crippen molar-refractivity contribution in [2.75, 3.05) is 7.11 Å². The number of aryl methyl sites for hydroxylation is 2. The number of benzene rings is 2. The quantitative estimate of drug-likeness (QED) is 0.447. The summed E-state index contributed by atoms with van der Waals surface area (Å²) < 4.78 is 22.3. The van der Waals surface area contributed by atoms with E-state index in [0.717, 1.165) is 22.2 Å². The lowest BCUT2D eigenvalue weighted by atomic mass is 10.1. The van der Waals surface area contributed by atoms with Crippen molar-refractivity contribution in [2.45, 2.75) is 33.4 Å². The Labute approximate surface area is 179 Å². The minimum Gasteiger partial charge on any atom is -0.493 e. The summed E-state index contributed by atoms with van der Waals surface area (Å²) in [6.45, 7) is 5.88. The van der Waals surface area contributed by atoms with E-state index in [-0.39, 0.29) is 11.9 Å².